The maximum Gasteiger partial charge on any atom is 0.291 e. The number of halogens is 2. The standard InChI is InChI=1S/C21H22F2N4O2/c1-3-21(22,23)16-9-5-8-15(12-16)13(2)25-19(29)17-10-11-24-20(26-17)27-18(28)14-6-4-7-14/h3,5,8-14H,1,4,6-7H2,2H3,(H,25,29)(H,24,26,27,28)/t13-/m1/s1. The van der Waals surface area contributed by atoms with Crippen molar-refractivity contribution in [1.29, 1.82) is 0 Å². The van der Waals surface area contributed by atoms with Crippen LogP contribution in [0.2, 0.25) is 0 Å². The van der Waals surface area contributed by atoms with Gasteiger partial charge in [-0.3, -0.25) is 14.9 Å². The third-order valence-corrected chi connectivity index (χ3v) is 4.97. The molecule has 0 spiro atoms. The quantitative estimate of drug-likeness (QED) is 0.689. The van der Waals surface area contributed by atoms with Crippen molar-refractivity contribution in [2.24, 2.45) is 5.92 Å². The van der Waals surface area contributed by atoms with Gasteiger partial charge in [0.25, 0.3) is 11.8 Å². The number of amides is 2. The van der Waals surface area contributed by atoms with Crippen molar-refractivity contribution in [2.45, 2.75) is 38.2 Å². The van der Waals surface area contributed by atoms with Crippen molar-refractivity contribution >= 4 is 17.8 Å². The number of anilines is 1. The summed E-state index contributed by atoms with van der Waals surface area (Å²) in [6, 6.07) is 6.68. The second-order valence-electron chi connectivity index (χ2n) is 7.03. The van der Waals surface area contributed by atoms with Gasteiger partial charge in [0.1, 0.15) is 5.69 Å². The van der Waals surface area contributed by atoms with E-state index in [-0.39, 0.29) is 29.0 Å². The zero-order chi connectivity index (χ0) is 21.0. The highest BCUT2D eigenvalue weighted by molar-refractivity contribution is 5.94. The van der Waals surface area contributed by atoms with Crippen molar-refractivity contribution in [1.82, 2.24) is 15.3 Å². The highest BCUT2D eigenvalue weighted by atomic mass is 19.3. The summed E-state index contributed by atoms with van der Waals surface area (Å²) in [5, 5.41) is 5.34. The smallest absolute Gasteiger partial charge is 0.291 e. The van der Waals surface area contributed by atoms with Crippen LogP contribution in [0.3, 0.4) is 0 Å². The van der Waals surface area contributed by atoms with Gasteiger partial charge in [0.05, 0.1) is 6.04 Å². The predicted octanol–water partition coefficient (Wildman–Crippen LogP) is 3.98. The molecule has 6 nitrogen and oxygen atoms in total. The molecule has 1 saturated carbocycles. The van der Waals surface area contributed by atoms with Gasteiger partial charge in [0.15, 0.2) is 0 Å². The van der Waals surface area contributed by atoms with Gasteiger partial charge in [0.2, 0.25) is 11.9 Å². The monoisotopic (exact) mass is 400 g/mol. The minimum absolute atomic E-state index is 0.0305. The Hall–Kier alpha value is -3.16. The summed E-state index contributed by atoms with van der Waals surface area (Å²) in [5.41, 5.74) is 0.391. The molecule has 1 aliphatic rings. The summed E-state index contributed by atoms with van der Waals surface area (Å²) >= 11 is 0. The van der Waals surface area contributed by atoms with Gasteiger partial charge < -0.3 is 5.32 Å². The highest BCUT2D eigenvalue weighted by Crippen LogP contribution is 2.30. The molecule has 2 amide bonds. The van der Waals surface area contributed by atoms with Gasteiger partial charge in [-0.05, 0) is 43.5 Å². The van der Waals surface area contributed by atoms with Crippen LogP contribution in [0, 0.1) is 5.92 Å². The summed E-state index contributed by atoms with van der Waals surface area (Å²) in [7, 11) is 0. The number of hydrogen-bond donors (Lipinski definition) is 2. The number of hydrogen-bond acceptors (Lipinski definition) is 4. The van der Waals surface area contributed by atoms with Crippen molar-refractivity contribution in [3.8, 4) is 0 Å². The first kappa shape index (κ1) is 20.6. The summed E-state index contributed by atoms with van der Waals surface area (Å²) in [4.78, 5) is 32.6. The number of benzene rings is 1. The number of rotatable bonds is 7. The van der Waals surface area contributed by atoms with E-state index in [1.54, 1.807) is 13.0 Å². The lowest BCUT2D eigenvalue weighted by molar-refractivity contribution is -0.122. The number of allylic oxidation sites excluding steroid dienone is 1. The second kappa shape index (κ2) is 8.46. The van der Waals surface area contributed by atoms with Gasteiger partial charge >= 0.3 is 0 Å². The number of nitrogens with zero attached hydrogens (tertiary/aromatic N) is 2. The van der Waals surface area contributed by atoms with Gasteiger partial charge in [-0.25, -0.2) is 9.97 Å². The fourth-order valence-electron chi connectivity index (χ4n) is 2.92. The van der Waals surface area contributed by atoms with E-state index in [2.05, 4.69) is 27.2 Å². The highest BCUT2D eigenvalue weighted by Gasteiger charge is 2.28. The van der Waals surface area contributed by atoms with Crippen LogP contribution in [0.4, 0.5) is 14.7 Å². The number of carbonyl (C=O) groups excluding carboxylic acids is 2. The van der Waals surface area contributed by atoms with Crippen LogP contribution in [-0.4, -0.2) is 21.8 Å². The molecule has 3 rings (SSSR count). The maximum absolute atomic E-state index is 13.8. The average Bonchev–Trinajstić information content (AvgIpc) is 2.66. The minimum Gasteiger partial charge on any atom is -0.344 e. The number of aromatic nitrogens is 2. The molecule has 1 aromatic heterocycles. The van der Waals surface area contributed by atoms with Crippen LogP contribution in [-0.2, 0) is 10.7 Å². The van der Waals surface area contributed by atoms with E-state index >= 15 is 0 Å². The first-order valence-corrected chi connectivity index (χ1v) is 9.37. The van der Waals surface area contributed by atoms with Crippen LogP contribution in [0.5, 0.6) is 0 Å². The van der Waals surface area contributed by atoms with Crippen LogP contribution in [0.25, 0.3) is 0 Å². The molecule has 1 aromatic carbocycles. The third kappa shape index (κ3) is 4.82. The molecular weight excluding hydrogens is 378 g/mol. The summed E-state index contributed by atoms with van der Waals surface area (Å²) in [5.74, 6) is -3.77. The molecule has 0 aliphatic heterocycles. The molecule has 0 bridgehead atoms. The van der Waals surface area contributed by atoms with E-state index < -0.39 is 17.9 Å². The molecule has 1 aliphatic carbocycles. The summed E-state index contributed by atoms with van der Waals surface area (Å²) < 4.78 is 27.7. The molecule has 2 N–H and O–H groups in total. The Kier molecular flexibility index (Phi) is 6.00. The molecule has 1 fully saturated rings. The lowest BCUT2D eigenvalue weighted by Crippen LogP contribution is -2.30. The van der Waals surface area contributed by atoms with Crippen LogP contribution >= 0.6 is 0 Å². The fraction of sp³-hybridized carbons (Fsp3) is 0.333. The Labute approximate surface area is 167 Å². The first-order valence-electron chi connectivity index (χ1n) is 9.37. The Morgan fingerprint density at radius 2 is 2.07 bits per heavy atom. The zero-order valence-corrected chi connectivity index (χ0v) is 16.0. The van der Waals surface area contributed by atoms with E-state index in [0.29, 0.717) is 11.6 Å². The molecule has 1 atom stereocenters. The second-order valence-corrected chi connectivity index (χ2v) is 7.03. The average molecular weight is 400 g/mol. The number of carbonyl (C=O) groups is 2. The van der Waals surface area contributed by atoms with Crippen LogP contribution in [0.1, 0.15) is 53.8 Å². The number of alkyl halides is 2. The Morgan fingerprint density at radius 3 is 2.72 bits per heavy atom. The molecule has 2 aromatic rings. The Morgan fingerprint density at radius 1 is 1.31 bits per heavy atom. The zero-order valence-electron chi connectivity index (χ0n) is 16.0. The van der Waals surface area contributed by atoms with Gasteiger partial charge in [-0.2, -0.15) is 8.78 Å². The van der Waals surface area contributed by atoms with Crippen LogP contribution < -0.4 is 10.6 Å². The molecule has 29 heavy (non-hydrogen) atoms. The van der Waals surface area contributed by atoms with E-state index in [4.69, 9.17) is 0 Å². The van der Waals surface area contributed by atoms with E-state index in [0.717, 1.165) is 19.3 Å². The molecule has 0 radical (unpaired) electrons. The Balaban J connectivity index is 1.68. The fourth-order valence-corrected chi connectivity index (χ4v) is 2.92. The minimum atomic E-state index is -3.15. The van der Waals surface area contributed by atoms with E-state index in [9.17, 15) is 18.4 Å². The summed E-state index contributed by atoms with van der Waals surface area (Å²) in [6.45, 7) is 4.84. The lowest BCUT2D eigenvalue weighted by Gasteiger charge is -2.23. The molecule has 1 heterocycles. The normalized spacial score (nSPS) is 15.1. The van der Waals surface area contributed by atoms with Crippen molar-refractivity contribution < 1.29 is 18.4 Å². The first-order chi connectivity index (χ1) is 13.8. The van der Waals surface area contributed by atoms with Crippen molar-refractivity contribution in [3.63, 3.8) is 0 Å². The van der Waals surface area contributed by atoms with Gasteiger partial charge in [0, 0.05) is 17.7 Å². The van der Waals surface area contributed by atoms with Crippen LogP contribution in [0.15, 0.2) is 49.2 Å². The molecule has 8 heteroatoms. The van der Waals surface area contributed by atoms with Gasteiger partial charge in [-0.15, -0.1) is 0 Å². The van der Waals surface area contributed by atoms with E-state index in [1.165, 1.54) is 30.5 Å². The summed E-state index contributed by atoms with van der Waals surface area (Å²) in [6.07, 6.45) is 4.67. The number of nitrogens with one attached hydrogen (secondary N) is 2. The molecule has 0 saturated heterocycles. The lowest BCUT2D eigenvalue weighted by atomic mass is 9.85. The molecular formula is C21H22F2N4O2. The van der Waals surface area contributed by atoms with E-state index in [1.807, 2.05) is 0 Å². The third-order valence-electron chi connectivity index (χ3n) is 4.97. The Bertz CT molecular complexity index is 928. The van der Waals surface area contributed by atoms with Crippen molar-refractivity contribution in [3.05, 3.63) is 66.0 Å². The largest absolute Gasteiger partial charge is 0.344 e. The molecule has 0 unspecified atom stereocenters. The SMILES string of the molecule is C=CC(F)(F)c1cccc([C@@H](C)NC(=O)c2ccnc(NC(=O)C3CCC3)n2)c1. The topological polar surface area (TPSA) is 84.0 Å². The molecule has 152 valence electrons. The predicted molar refractivity (Wildman–Crippen MR) is 104 cm³/mol. The van der Waals surface area contributed by atoms with Crippen molar-refractivity contribution in [2.75, 3.05) is 5.32 Å². The van der Waals surface area contributed by atoms with Gasteiger partial charge in [-0.1, -0.05) is 31.2 Å². The maximum atomic E-state index is 13.8.